The molecule has 1 fully saturated rings. The zero-order valence-electron chi connectivity index (χ0n) is 14.6. The van der Waals surface area contributed by atoms with Crippen LogP contribution in [0.3, 0.4) is 0 Å². The normalized spacial score (nSPS) is 24.1. The number of anilines is 1. The predicted molar refractivity (Wildman–Crippen MR) is 93.7 cm³/mol. The molecule has 2 unspecified atom stereocenters. The molecule has 2 rings (SSSR count). The van der Waals surface area contributed by atoms with E-state index in [0.717, 1.165) is 4.47 Å². The minimum atomic E-state index is -0.675. The van der Waals surface area contributed by atoms with Crippen molar-refractivity contribution in [2.75, 3.05) is 19.4 Å². The van der Waals surface area contributed by atoms with Gasteiger partial charge >= 0.3 is 6.09 Å². The summed E-state index contributed by atoms with van der Waals surface area (Å²) in [6.45, 7) is 7.82. The van der Waals surface area contributed by atoms with Crippen LogP contribution in [0.1, 0.15) is 34.1 Å². The van der Waals surface area contributed by atoms with E-state index < -0.39 is 23.5 Å². The first-order valence-electron chi connectivity index (χ1n) is 7.68. The third-order valence-corrected chi connectivity index (χ3v) is 4.27. The molecule has 0 radical (unpaired) electrons. The van der Waals surface area contributed by atoms with Crippen molar-refractivity contribution < 1.29 is 19.0 Å². The maximum atomic E-state index is 12.5. The van der Waals surface area contributed by atoms with Crippen LogP contribution in [0.5, 0.6) is 5.75 Å². The number of methoxy groups -OCH3 is 1. The van der Waals surface area contributed by atoms with E-state index in [-0.39, 0.29) is 5.82 Å². The number of amides is 1. The topological polar surface area (TPSA) is 86.9 Å². The van der Waals surface area contributed by atoms with Gasteiger partial charge in [0.05, 0.1) is 0 Å². The Morgan fingerprint density at radius 2 is 2.17 bits per heavy atom. The highest BCUT2D eigenvalue weighted by Gasteiger charge is 2.49. The van der Waals surface area contributed by atoms with E-state index in [1.807, 2.05) is 27.7 Å². The average Bonchev–Trinajstić information content (AvgIpc) is 2.79. The number of nitrogens with zero attached hydrogens (tertiary/aromatic N) is 2. The van der Waals surface area contributed by atoms with E-state index in [0.29, 0.717) is 18.7 Å². The van der Waals surface area contributed by atoms with Gasteiger partial charge in [0.1, 0.15) is 11.2 Å². The van der Waals surface area contributed by atoms with E-state index in [4.69, 9.17) is 19.9 Å². The second kappa shape index (κ2) is 6.76. The number of nitrogen functional groups attached to an aromatic ring is 1. The van der Waals surface area contributed by atoms with Crippen LogP contribution in [-0.2, 0) is 9.47 Å². The van der Waals surface area contributed by atoms with Gasteiger partial charge in [-0.1, -0.05) is 0 Å². The lowest BCUT2D eigenvalue weighted by Gasteiger charge is -2.35. The average molecular weight is 402 g/mol. The van der Waals surface area contributed by atoms with Gasteiger partial charge in [0.25, 0.3) is 0 Å². The molecule has 0 aromatic carbocycles. The number of carbonyl (C=O) groups is 1. The highest BCUT2D eigenvalue weighted by atomic mass is 79.9. The Hall–Kier alpha value is -1.54. The molecule has 1 aliphatic rings. The molecule has 7 nitrogen and oxygen atoms in total. The van der Waals surface area contributed by atoms with Crippen molar-refractivity contribution in [1.82, 2.24) is 9.88 Å². The number of carbonyl (C=O) groups excluding carboxylic acids is 1. The lowest BCUT2D eigenvalue weighted by atomic mass is 10.0. The molecule has 1 aromatic heterocycles. The van der Waals surface area contributed by atoms with Gasteiger partial charge in [0.15, 0.2) is 11.6 Å². The van der Waals surface area contributed by atoms with Gasteiger partial charge in [-0.2, -0.15) is 0 Å². The molecule has 1 amide bonds. The fraction of sp³-hybridized carbons (Fsp3) is 0.625. The number of ether oxygens (including phenoxy) is 3. The Morgan fingerprint density at radius 1 is 1.50 bits per heavy atom. The first-order valence-corrected chi connectivity index (χ1v) is 8.47. The molecule has 1 aromatic rings. The van der Waals surface area contributed by atoms with Crippen LogP contribution in [0.2, 0.25) is 0 Å². The SMILES string of the molecule is COC1(C)CCN(C(=O)OC(C)(C)C)C1Oc1cc(Br)cnc1N. The quantitative estimate of drug-likeness (QED) is 0.836. The molecule has 2 atom stereocenters. The Bertz CT molecular complexity index is 620. The third-order valence-electron chi connectivity index (χ3n) is 3.84. The summed E-state index contributed by atoms with van der Waals surface area (Å²) >= 11 is 3.34. The highest BCUT2D eigenvalue weighted by molar-refractivity contribution is 9.10. The van der Waals surface area contributed by atoms with Crippen LogP contribution in [-0.4, -0.2) is 47.1 Å². The molecule has 0 saturated carbocycles. The van der Waals surface area contributed by atoms with Crippen molar-refractivity contribution in [2.45, 2.75) is 51.5 Å². The van der Waals surface area contributed by atoms with Crippen LogP contribution in [0.25, 0.3) is 0 Å². The van der Waals surface area contributed by atoms with Gasteiger partial charge in [0.2, 0.25) is 6.23 Å². The molecule has 0 spiro atoms. The minimum absolute atomic E-state index is 0.243. The number of nitrogens with two attached hydrogens (primary N) is 1. The van der Waals surface area contributed by atoms with Gasteiger partial charge in [-0.25, -0.2) is 9.78 Å². The van der Waals surface area contributed by atoms with E-state index in [2.05, 4.69) is 20.9 Å². The van der Waals surface area contributed by atoms with E-state index in [1.54, 1.807) is 19.4 Å². The maximum absolute atomic E-state index is 12.5. The van der Waals surface area contributed by atoms with Crippen molar-refractivity contribution in [3.05, 3.63) is 16.7 Å². The van der Waals surface area contributed by atoms with Crippen molar-refractivity contribution in [3.8, 4) is 5.75 Å². The van der Waals surface area contributed by atoms with Crippen LogP contribution in [0, 0.1) is 0 Å². The number of aromatic nitrogens is 1. The van der Waals surface area contributed by atoms with Crippen LogP contribution in [0.15, 0.2) is 16.7 Å². The fourth-order valence-corrected chi connectivity index (χ4v) is 2.77. The van der Waals surface area contributed by atoms with Crippen LogP contribution < -0.4 is 10.5 Å². The summed E-state index contributed by atoms with van der Waals surface area (Å²) in [5.41, 5.74) is 4.62. The summed E-state index contributed by atoms with van der Waals surface area (Å²) in [4.78, 5) is 18.1. The zero-order valence-corrected chi connectivity index (χ0v) is 16.2. The molecule has 134 valence electrons. The molecule has 2 heterocycles. The van der Waals surface area contributed by atoms with Gasteiger partial charge < -0.3 is 19.9 Å². The van der Waals surface area contributed by atoms with E-state index >= 15 is 0 Å². The number of halogens is 1. The molecule has 0 bridgehead atoms. The summed E-state index contributed by atoms with van der Waals surface area (Å²) < 4.78 is 17.8. The summed E-state index contributed by atoms with van der Waals surface area (Å²) in [5.74, 6) is 0.626. The summed E-state index contributed by atoms with van der Waals surface area (Å²) in [7, 11) is 1.59. The van der Waals surface area contributed by atoms with E-state index in [1.165, 1.54) is 4.90 Å². The number of rotatable bonds is 3. The monoisotopic (exact) mass is 401 g/mol. The molecule has 24 heavy (non-hydrogen) atoms. The Kier molecular flexibility index (Phi) is 5.29. The van der Waals surface area contributed by atoms with Crippen molar-refractivity contribution in [1.29, 1.82) is 0 Å². The third kappa shape index (κ3) is 4.10. The lowest BCUT2D eigenvalue weighted by molar-refractivity contribution is -0.101. The lowest BCUT2D eigenvalue weighted by Crippen LogP contribution is -2.51. The molecule has 1 saturated heterocycles. The summed E-state index contributed by atoms with van der Waals surface area (Å²) in [6, 6.07) is 1.71. The molecular formula is C16H24BrN3O4. The number of pyridine rings is 1. The summed E-state index contributed by atoms with van der Waals surface area (Å²) in [5, 5.41) is 0. The fourth-order valence-electron chi connectivity index (χ4n) is 2.46. The Balaban J connectivity index is 2.29. The van der Waals surface area contributed by atoms with Crippen molar-refractivity contribution in [3.63, 3.8) is 0 Å². The smallest absolute Gasteiger partial charge is 0.413 e. The maximum Gasteiger partial charge on any atom is 0.413 e. The van der Waals surface area contributed by atoms with Crippen LogP contribution in [0.4, 0.5) is 10.6 Å². The molecule has 1 aliphatic heterocycles. The molecular weight excluding hydrogens is 378 g/mol. The molecule has 0 aliphatic carbocycles. The number of hydrogen-bond acceptors (Lipinski definition) is 6. The van der Waals surface area contributed by atoms with Crippen molar-refractivity contribution >= 4 is 27.8 Å². The number of likely N-dealkylation sites (tertiary alicyclic amines) is 1. The van der Waals surface area contributed by atoms with Gasteiger partial charge in [-0.05, 0) is 56.1 Å². The molecule has 2 N–H and O–H groups in total. The largest absolute Gasteiger partial charge is 0.463 e. The second-order valence-corrected chi connectivity index (χ2v) is 7.86. The molecule has 8 heteroatoms. The predicted octanol–water partition coefficient (Wildman–Crippen LogP) is 3.18. The van der Waals surface area contributed by atoms with E-state index in [9.17, 15) is 4.79 Å². The van der Waals surface area contributed by atoms with Crippen molar-refractivity contribution in [2.24, 2.45) is 0 Å². The first kappa shape index (κ1) is 18.8. The first-order chi connectivity index (χ1) is 11.1. The van der Waals surface area contributed by atoms with Gasteiger partial charge in [-0.15, -0.1) is 0 Å². The second-order valence-electron chi connectivity index (χ2n) is 6.95. The number of hydrogen-bond donors (Lipinski definition) is 1. The Labute approximate surface area is 150 Å². The van der Waals surface area contributed by atoms with Crippen LogP contribution >= 0.6 is 15.9 Å². The van der Waals surface area contributed by atoms with Gasteiger partial charge in [0, 0.05) is 24.3 Å². The minimum Gasteiger partial charge on any atom is -0.463 e. The highest BCUT2D eigenvalue weighted by Crippen LogP contribution is 2.36. The summed E-state index contributed by atoms with van der Waals surface area (Å²) in [6.07, 6.45) is 1.08. The Morgan fingerprint density at radius 3 is 2.75 bits per heavy atom. The van der Waals surface area contributed by atoms with Gasteiger partial charge in [-0.3, -0.25) is 4.90 Å². The standard InChI is InChI=1S/C16H24BrN3O4/c1-15(2,3)24-14(21)20-7-6-16(4,22-5)13(20)23-11-8-10(17)9-19-12(11)18/h8-9,13H,6-7H2,1-5H3,(H2,18,19). The zero-order chi connectivity index (χ0) is 18.1.